The van der Waals surface area contributed by atoms with Gasteiger partial charge in [-0.2, -0.15) is 0 Å². The highest BCUT2D eigenvalue weighted by molar-refractivity contribution is 5.90. The molecule has 1 aromatic heterocycles. The van der Waals surface area contributed by atoms with E-state index in [-0.39, 0.29) is 17.1 Å². The summed E-state index contributed by atoms with van der Waals surface area (Å²) in [7, 11) is 0. The van der Waals surface area contributed by atoms with Crippen molar-refractivity contribution in [1.82, 2.24) is 4.90 Å². The van der Waals surface area contributed by atoms with Gasteiger partial charge in [-0.05, 0) is 24.5 Å². The third kappa shape index (κ3) is 2.66. The number of aromatic hydroxyl groups is 2. The highest BCUT2D eigenvalue weighted by Crippen LogP contribution is 2.38. The van der Waals surface area contributed by atoms with E-state index in [9.17, 15) is 15.0 Å². The molecule has 0 saturated carbocycles. The van der Waals surface area contributed by atoms with Crippen LogP contribution in [0.15, 0.2) is 45.6 Å². The lowest BCUT2D eigenvalue weighted by molar-refractivity contribution is 0.241. The molecule has 5 nitrogen and oxygen atoms in total. The summed E-state index contributed by atoms with van der Waals surface area (Å²) in [5.41, 5.74) is 2.85. The first-order chi connectivity index (χ1) is 12.0. The predicted molar refractivity (Wildman–Crippen MR) is 94.8 cm³/mol. The van der Waals surface area contributed by atoms with Crippen LogP contribution in [0.4, 0.5) is 0 Å². The zero-order chi connectivity index (χ0) is 17.6. The van der Waals surface area contributed by atoms with E-state index in [0.29, 0.717) is 29.5 Å². The van der Waals surface area contributed by atoms with Gasteiger partial charge < -0.3 is 14.6 Å². The Bertz CT molecular complexity index is 1010. The van der Waals surface area contributed by atoms with Crippen LogP contribution in [0.2, 0.25) is 0 Å². The number of hydrogen-bond donors (Lipinski definition) is 2. The second-order valence-corrected chi connectivity index (χ2v) is 6.54. The largest absolute Gasteiger partial charge is 0.507 e. The fourth-order valence-corrected chi connectivity index (χ4v) is 3.52. The predicted octanol–water partition coefficient (Wildman–Crippen LogP) is 3.07. The summed E-state index contributed by atoms with van der Waals surface area (Å²) in [5.74, 6) is -0.0823. The smallest absolute Gasteiger partial charge is 0.341 e. The summed E-state index contributed by atoms with van der Waals surface area (Å²) in [4.78, 5) is 14.6. The summed E-state index contributed by atoms with van der Waals surface area (Å²) in [6, 6.07) is 11.5. The summed E-state index contributed by atoms with van der Waals surface area (Å²) < 4.78 is 5.37. The van der Waals surface area contributed by atoms with Gasteiger partial charge in [-0.1, -0.05) is 30.3 Å². The minimum Gasteiger partial charge on any atom is -0.507 e. The second kappa shape index (κ2) is 5.93. The number of rotatable bonds is 2. The molecule has 0 atom stereocenters. The molecule has 25 heavy (non-hydrogen) atoms. The Morgan fingerprint density at radius 3 is 2.68 bits per heavy atom. The third-order valence-electron chi connectivity index (χ3n) is 4.91. The Balaban J connectivity index is 1.77. The fourth-order valence-electron chi connectivity index (χ4n) is 3.52. The zero-order valence-corrected chi connectivity index (χ0v) is 14.0. The van der Waals surface area contributed by atoms with Crippen LogP contribution in [0, 0.1) is 6.92 Å². The molecule has 5 heteroatoms. The van der Waals surface area contributed by atoms with Gasteiger partial charge in [0.1, 0.15) is 17.1 Å². The molecule has 0 spiro atoms. The first kappa shape index (κ1) is 15.7. The van der Waals surface area contributed by atoms with Crippen LogP contribution < -0.4 is 5.63 Å². The molecule has 2 heterocycles. The van der Waals surface area contributed by atoms with Gasteiger partial charge in [0, 0.05) is 31.3 Å². The molecule has 0 aliphatic carbocycles. The van der Waals surface area contributed by atoms with E-state index in [2.05, 4.69) is 17.0 Å². The van der Waals surface area contributed by atoms with Gasteiger partial charge in [0.05, 0.1) is 10.9 Å². The van der Waals surface area contributed by atoms with E-state index in [4.69, 9.17) is 4.42 Å². The van der Waals surface area contributed by atoms with Gasteiger partial charge in [0.15, 0.2) is 0 Å². The summed E-state index contributed by atoms with van der Waals surface area (Å²) in [6.45, 7) is 3.69. The second-order valence-electron chi connectivity index (χ2n) is 6.54. The Hall–Kier alpha value is -2.79. The van der Waals surface area contributed by atoms with Crippen LogP contribution in [-0.4, -0.2) is 21.7 Å². The molecule has 0 bridgehead atoms. The number of hydrogen-bond acceptors (Lipinski definition) is 5. The van der Waals surface area contributed by atoms with Gasteiger partial charge in [-0.15, -0.1) is 0 Å². The van der Waals surface area contributed by atoms with Crippen LogP contribution in [0.25, 0.3) is 11.0 Å². The zero-order valence-electron chi connectivity index (χ0n) is 14.0. The minimum atomic E-state index is -0.400. The molecule has 0 unspecified atom stereocenters. The Labute approximate surface area is 144 Å². The molecule has 3 aromatic rings. The van der Waals surface area contributed by atoms with Crippen molar-refractivity contribution >= 4 is 11.0 Å². The SMILES string of the molecule is Cc1c(O)cc2oc(=O)c3c(c2c1O)CCN(Cc1ccccc1)C3. The molecule has 2 aromatic carbocycles. The highest BCUT2D eigenvalue weighted by Gasteiger charge is 2.25. The molecular weight excluding hydrogens is 318 g/mol. The van der Waals surface area contributed by atoms with Crippen LogP contribution >= 0.6 is 0 Å². The molecule has 128 valence electrons. The van der Waals surface area contributed by atoms with Crippen LogP contribution in [0.3, 0.4) is 0 Å². The van der Waals surface area contributed by atoms with Gasteiger partial charge in [-0.3, -0.25) is 4.90 Å². The van der Waals surface area contributed by atoms with Crippen LogP contribution in [-0.2, 0) is 19.5 Å². The van der Waals surface area contributed by atoms with E-state index in [1.807, 2.05) is 18.2 Å². The maximum absolute atomic E-state index is 12.4. The van der Waals surface area contributed by atoms with Gasteiger partial charge in [0.2, 0.25) is 0 Å². The van der Waals surface area contributed by atoms with E-state index in [1.54, 1.807) is 6.92 Å². The molecule has 2 N–H and O–H groups in total. The maximum Gasteiger partial charge on any atom is 0.341 e. The Kier molecular flexibility index (Phi) is 3.73. The van der Waals surface area contributed by atoms with Crippen molar-refractivity contribution in [3.05, 3.63) is 69.1 Å². The van der Waals surface area contributed by atoms with Gasteiger partial charge in [-0.25, -0.2) is 4.79 Å². The standard InChI is InChI=1S/C20H19NO4/c1-12-16(22)9-17-18(19(12)23)14-7-8-21(11-15(14)20(24)25-17)10-13-5-3-2-4-6-13/h2-6,9,22-23H,7-8,10-11H2,1H3. The van der Waals surface area contributed by atoms with E-state index >= 15 is 0 Å². The van der Waals surface area contributed by atoms with E-state index in [1.165, 1.54) is 11.6 Å². The molecule has 0 saturated heterocycles. The highest BCUT2D eigenvalue weighted by atomic mass is 16.4. The molecule has 0 amide bonds. The van der Waals surface area contributed by atoms with Crippen molar-refractivity contribution < 1.29 is 14.6 Å². The van der Waals surface area contributed by atoms with Crippen LogP contribution in [0.5, 0.6) is 11.5 Å². The summed E-state index contributed by atoms with van der Waals surface area (Å²) in [6.07, 6.45) is 0.655. The van der Waals surface area contributed by atoms with Gasteiger partial charge >= 0.3 is 5.63 Å². The van der Waals surface area contributed by atoms with E-state index in [0.717, 1.165) is 18.7 Å². The Morgan fingerprint density at radius 1 is 1.16 bits per heavy atom. The molecule has 1 aliphatic rings. The molecule has 1 aliphatic heterocycles. The quantitative estimate of drug-likeness (QED) is 0.703. The number of benzene rings is 2. The molecule has 0 radical (unpaired) electrons. The van der Waals surface area contributed by atoms with Crippen molar-refractivity contribution in [3.63, 3.8) is 0 Å². The normalized spacial score (nSPS) is 14.6. The van der Waals surface area contributed by atoms with Crippen molar-refractivity contribution in [3.8, 4) is 11.5 Å². The Morgan fingerprint density at radius 2 is 1.92 bits per heavy atom. The number of nitrogens with zero attached hydrogens (tertiary/aromatic N) is 1. The molecule has 4 rings (SSSR count). The average molecular weight is 337 g/mol. The average Bonchev–Trinajstić information content (AvgIpc) is 2.61. The monoisotopic (exact) mass is 337 g/mol. The fraction of sp³-hybridized carbons (Fsp3) is 0.250. The first-order valence-corrected chi connectivity index (χ1v) is 8.31. The summed E-state index contributed by atoms with van der Waals surface area (Å²) >= 11 is 0. The number of fused-ring (bicyclic) bond motifs is 3. The first-order valence-electron chi connectivity index (χ1n) is 8.31. The topological polar surface area (TPSA) is 73.9 Å². The lowest BCUT2D eigenvalue weighted by Gasteiger charge is -2.28. The van der Waals surface area contributed by atoms with Crippen molar-refractivity contribution in [2.75, 3.05) is 6.54 Å². The van der Waals surface area contributed by atoms with Crippen LogP contribution in [0.1, 0.15) is 22.3 Å². The molecule has 0 fully saturated rings. The van der Waals surface area contributed by atoms with Gasteiger partial charge in [0.25, 0.3) is 0 Å². The lowest BCUT2D eigenvalue weighted by Crippen LogP contribution is -2.33. The number of phenols is 2. The van der Waals surface area contributed by atoms with Crippen molar-refractivity contribution in [1.29, 1.82) is 0 Å². The summed E-state index contributed by atoms with van der Waals surface area (Å²) in [5, 5.41) is 20.9. The third-order valence-corrected chi connectivity index (χ3v) is 4.91. The minimum absolute atomic E-state index is 0.00786. The maximum atomic E-state index is 12.4. The van der Waals surface area contributed by atoms with Crippen molar-refractivity contribution in [2.45, 2.75) is 26.4 Å². The molecular formula is C20H19NO4. The number of phenolic OH excluding ortho intramolecular Hbond substituents is 2. The van der Waals surface area contributed by atoms with E-state index < -0.39 is 5.63 Å². The van der Waals surface area contributed by atoms with Crippen molar-refractivity contribution in [2.24, 2.45) is 0 Å². The lowest BCUT2D eigenvalue weighted by atomic mass is 9.95.